The Morgan fingerprint density at radius 3 is 2.61 bits per heavy atom. The van der Waals surface area contributed by atoms with E-state index in [-0.39, 0.29) is 10.7 Å². The maximum Gasteiger partial charge on any atom is 0.335 e. The fourth-order valence-corrected chi connectivity index (χ4v) is 1.52. The zero-order chi connectivity index (χ0) is 13.1. The van der Waals surface area contributed by atoms with E-state index in [0.717, 1.165) is 0 Å². The highest BCUT2D eigenvalue weighted by Crippen LogP contribution is 2.22. The number of aromatic nitrogens is 2. The molecular weight excluding hydrogens is 256 g/mol. The van der Waals surface area contributed by atoms with Crippen molar-refractivity contribution in [3.63, 3.8) is 0 Å². The average Bonchev–Trinajstić information content (AvgIpc) is 2.32. The molecule has 0 saturated heterocycles. The first-order chi connectivity index (χ1) is 8.56. The summed E-state index contributed by atoms with van der Waals surface area (Å²) >= 11 is 5.60. The molecule has 1 aromatic carbocycles. The van der Waals surface area contributed by atoms with E-state index in [1.807, 2.05) is 0 Å². The van der Waals surface area contributed by atoms with E-state index in [0.29, 0.717) is 17.2 Å². The van der Waals surface area contributed by atoms with Crippen LogP contribution in [-0.4, -0.2) is 21.3 Å². The first kappa shape index (κ1) is 12.3. The van der Waals surface area contributed by atoms with Crippen LogP contribution < -0.4 is 4.74 Å². The highest BCUT2D eigenvalue weighted by atomic mass is 35.5. The Kier molecular flexibility index (Phi) is 3.43. The zero-order valence-electron chi connectivity index (χ0n) is 9.42. The number of rotatable bonds is 3. The third-order valence-corrected chi connectivity index (χ3v) is 2.46. The number of aryl methyl sites for hydroxylation is 1. The second-order valence-corrected chi connectivity index (χ2v) is 3.97. The molecule has 0 aliphatic rings. The summed E-state index contributed by atoms with van der Waals surface area (Å²) in [7, 11) is 0. The number of carbonyl (C=O) groups is 1. The minimum atomic E-state index is -0.967. The van der Waals surface area contributed by atoms with E-state index in [4.69, 9.17) is 21.4 Å². The van der Waals surface area contributed by atoms with Gasteiger partial charge < -0.3 is 9.84 Å². The Morgan fingerprint density at radius 2 is 2.06 bits per heavy atom. The summed E-state index contributed by atoms with van der Waals surface area (Å²) in [5.41, 5.74) is 0.853. The van der Waals surface area contributed by atoms with Crippen molar-refractivity contribution >= 4 is 17.6 Å². The topological polar surface area (TPSA) is 72.3 Å². The molecule has 0 fully saturated rings. The lowest BCUT2D eigenvalue weighted by Crippen LogP contribution is -1.99. The molecule has 5 nitrogen and oxygen atoms in total. The highest BCUT2D eigenvalue weighted by molar-refractivity contribution is 6.29. The van der Waals surface area contributed by atoms with Crippen LogP contribution in [0.2, 0.25) is 5.15 Å². The Bertz CT molecular complexity index is 584. The number of nitrogens with zero attached hydrogens (tertiary/aromatic N) is 2. The van der Waals surface area contributed by atoms with Crippen LogP contribution in [0.1, 0.15) is 15.9 Å². The summed E-state index contributed by atoms with van der Waals surface area (Å²) in [4.78, 5) is 10.9. The van der Waals surface area contributed by atoms with Crippen molar-refractivity contribution in [1.29, 1.82) is 0 Å². The molecule has 0 aliphatic heterocycles. The van der Waals surface area contributed by atoms with Gasteiger partial charge in [0.1, 0.15) is 5.75 Å². The lowest BCUT2D eigenvalue weighted by molar-refractivity contribution is 0.0696. The molecule has 0 bridgehead atoms. The number of halogens is 1. The second kappa shape index (κ2) is 5.01. The molecular formula is C12H9ClN2O3. The monoisotopic (exact) mass is 264 g/mol. The Hall–Kier alpha value is -2.14. The van der Waals surface area contributed by atoms with Crippen LogP contribution in [0.3, 0.4) is 0 Å². The summed E-state index contributed by atoms with van der Waals surface area (Å²) in [6, 6.07) is 7.81. The third kappa shape index (κ3) is 2.75. The van der Waals surface area contributed by atoms with Crippen LogP contribution in [0.4, 0.5) is 0 Å². The van der Waals surface area contributed by atoms with Crippen LogP contribution in [0.25, 0.3) is 0 Å². The van der Waals surface area contributed by atoms with Gasteiger partial charge in [-0.15, -0.1) is 10.2 Å². The van der Waals surface area contributed by atoms with Gasteiger partial charge in [0.2, 0.25) is 5.88 Å². The molecule has 2 aromatic rings. The molecule has 0 radical (unpaired) electrons. The largest absolute Gasteiger partial charge is 0.478 e. The van der Waals surface area contributed by atoms with E-state index >= 15 is 0 Å². The number of carboxylic acids is 1. The Labute approximate surface area is 108 Å². The molecule has 0 atom stereocenters. The summed E-state index contributed by atoms with van der Waals surface area (Å²) in [6.45, 7) is 1.70. The Balaban J connectivity index is 2.22. The number of carboxylic acid groups (broad SMARTS) is 1. The minimum absolute atomic E-state index is 0.240. The standard InChI is InChI=1S/C12H9ClN2O3/c1-7-6-8(2-3-9(7)12(16)17)18-11-5-4-10(13)14-15-11/h2-6H,1H3,(H,16,17). The lowest BCUT2D eigenvalue weighted by atomic mass is 10.1. The number of hydrogen-bond donors (Lipinski definition) is 1. The van der Waals surface area contributed by atoms with Gasteiger partial charge in [0, 0.05) is 6.07 Å². The molecule has 1 aromatic heterocycles. The maximum atomic E-state index is 10.9. The molecule has 92 valence electrons. The zero-order valence-corrected chi connectivity index (χ0v) is 10.2. The summed E-state index contributed by atoms with van der Waals surface area (Å²) in [5, 5.41) is 16.6. The first-order valence-corrected chi connectivity index (χ1v) is 5.45. The number of hydrogen-bond acceptors (Lipinski definition) is 4. The van der Waals surface area contributed by atoms with Crippen molar-refractivity contribution in [3.05, 3.63) is 46.6 Å². The highest BCUT2D eigenvalue weighted by Gasteiger charge is 2.08. The van der Waals surface area contributed by atoms with Crippen LogP contribution >= 0.6 is 11.6 Å². The molecule has 0 spiro atoms. The van der Waals surface area contributed by atoms with Gasteiger partial charge in [0.25, 0.3) is 0 Å². The number of benzene rings is 1. The SMILES string of the molecule is Cc1cc(Oc2ccc(Cl)nn2)ccc1C(=O)O. The molecule has 0 amide bonds. The van der Waals surface area contributed by atoms with Gasteiger partial charge >= 0.3 is 5.97 Å². The van der Waals surface area contributed by atoms with Crippen LogP contribution in [0.15, 0.2) is 30.3 Å². The molecule has 0 saturated carbocycles. The predicted octanol–water partition coefficient (Wildman–Crippen LogP) is 2.93. The molecule has 0 aliphatic carbocycles. The minimum Gasteiger partial charge on any atom is -0.478 e. The molecule has 0 unspecified atom stereocenters. The van der Waals surface area contributed by atoms with Crippen molar-refractivity contribution in [2.24, 2.45) is 0 Å². The van der Waals surface area contributed by atoms with Crippen molar-refractivity contribution in [1.82, 2.24) is 10.2 Å². The van der Waals surface area contributed by atoms with Gasteiger partial charge in [-0.1, -0.05) is 11.6 Å². The van der Waals surface area contributed by atoms with Crippen molar-refractivity contribution in [2.45, 2.75) is 6.92 Å². The van der Waals surface area contributed by atoms with E-state index in [2.05, 4.69) is 10.2 Å². The average molecular weight is 265 g/mol. The predicted molar refractivity (Wildman–Crippen MR) is 65.3 cm³/mol. The molecule has 6 heteroatoms. The lowest BCUT2D eigenvalue weighted by Gasteiger charge is -2.06. The molecule has 18 heavy (non-hydrogen) atoms. The fourth-order valence-electron chi connectivity index (χ4n) is 1.42. The van der Waals surface area contributed by atoms with Crippen molar-refractivity contribution in [3.8, 4) is 11.6 Å². The Morgan fingerprint density at radius 1 is 1.28 bits per heavy atom. The molecule has 1 N–H and O–H groups in total. The number of ether oxygens (including phenoxy) is 1. The summed E-state index contributed by atoms with van der Waals surface area (Å²) in [5.74, 6) is -0.179. The van der Waals surface area contributed by atoms with Crippen molar-refractivity contribution < 1.29 is 14.6 Å². The van der Waals surface area contributed by atoms with Gasteiger partial charge in [0.15, 0.2) is 5.15 Å². The van der Waals surface area contributed by atoms with Gasteiger partial charge in [-0.25, -0.2) is 4.79 Å². The summed E-state index contributed by atoms with van der Waals surface area (Å²) in [6.07, 6.45) is 0. The van der Waals surface area contributed by atoms with Gasteiger partial charge in [-0.2, -0.15) is 0 Å². The van der Waals surface area contributed by atoms with Gasteiger partial charge in [-0.3, -0.25) is 0 Å². The molecule has 1 heterocycles. The van der Waals surface area contributed by atoms with E-state index in [1.54, 1.807) is 31.2 Å². The normalized spacial score (nSPS) is 10.1. The van der Waals surface area contributed by atoms with Gasteiger partial charge in [-0.05, 0) is 36.8 Å². The van der Waals surface area contributed by atoms with Gasteiger partial charge in [0.05, 0.1) is 5.56 Å². The van der Waals surface area contributed by atoms with Crippen LogP contribution in [-0.2, 0) is 0 Å². The van der Waals surface area contributed by atoms with E-state index in [1.165, 1.54) is 6.07 Å². The van der Waals surface area contributed by atoms with Crippen LogP contribution in [0, 0.1) is 6.92 Å². The van der Waals surface area contributed by atoms with Crippen LogP contribution in [0.5, 0.6) is 11.6 Å². The van der Waals surface area contributed by atoms with E-state index < -0.39 is 5.97 Å². The number of aromatic carboxylic acids is 1. The maximum absolute atomic E-state index is 10.9. The fraction of sp³-hybridized carbons (Fsp3) is 0.0833. The van der Waals surface area contributed by atoms with Crippen molar-refractivity contribution in [2.75, 3.05) is 0 Å². The van der Waals surface area contributed by atoms with E-state index in [9.17, 15) is 4.79 Å². The third-order valence-electron chi connectivity index (χ3n) is 2.26. The summed E-state index contributed by atoms with van der Waals surface area (Å²) < 4.78 is 5.42. The quantitative estimate of drug-likeness (QED) is 0.923. The second-order valence-electron chi connectivity index (χ2n) is 3.58. The smallest absolute Gasteiger partial charge is 0.335 e. The first-order valence-electron chi connectivity index (χ1n) is 5.07. The molecule has 2 rings (SSSR count).